The topological polar surface area (TPSA) is 64.3 Å². The van der Waals surface area contributed by atoms with Crippen LogP contribution in [0.1, 0.15) is 38.7 Å². The van der Waals surface area contributed by atoms with Crippen molar-refractivity contribution in [3.8, 4) is 5.75 Å². The quantitative estimate of drug-likeness (QED) is 0.813. The molecule has 0 aliphatic carbocycles. The van der Waals surface area contributed by atoms with Gasteiger partial charge in [0.25, 0.3) is 0 Å². The summed E-state index contributed by atoms with van der Waals surface area (Å²) in [5.41, 5.74) is 6.96. The van der Waals surface area contributed by atoms with Gasteiger partial charge in [-0.1, -0.05) is 26.0 Å². The second-order valence-electron chi connectivity index (χ2n) is 5.40. The molecule has 0 aromatic heterocycles. The van der Waals surface area contributed by atoms with Crippen LogP contribution in [0.15, 0.2) is 24.3 Å². The fourth-order valence-electron chi connectivity index (χ4n) is 1.91. The van der Waals surface area contributed by atoms with Crippen molar-refractivity contribution in [2.45, 2.75) is 39.2 Å². The number of carbonyl (C=O) groups is 1. The van der Waals surface area contributed by atoms with Gasteiger partial charge < -0.3 is 15.8 Å². The molecular weight excluding hydrogens is 288 g/mol. The van der Waals surface area contributed by atoms with Crippen LogP contribution in [0.3, 0.4) is 0 Å². The van der Waals surface area contributed by atoms with Gasteiger partial charge in [-0.3, -0.25) is 4.79 Å². The second kappa shape index (κ2) is 9.64. The van der Waals surface area contributed by atoms with Crippen LogP contribution in [-0.4, -0.2) is 25.6 Å². The molecule has 0 heterocycles. The first kappa shape index (κ1) is 19.7. The van der Waals surface area contributed by atoms with E-state index in [1.807, 2.05) is 26.0 Å². The summed E-state index contributed by atoms with van der Waals surface area (Å²) in [7, 11) is 1.66. The predicted octanol–water partition coefficient (Wildman–Crippen LogP) is 2.71. The van der Waals surface area contributed by atoms with Crippen molar-refractivity contribution >= 4 is 18.3 Å². The number of nitrogens with one attached hydrogen (secondary N) is 1. The summed E-state index contributed by atoms with van der Waals surface area (Å²) < 4.78 is 5.14. The SMILES string of the molecule is COc1ccc(C(C)CCNC(=O)C(C)C(C)N)cc1.Cl. The maximum absolute atomic E-state index is 11.8. The molecule has 0 saturated heterocycles. The van der Waals surface area contributed by atoms with E-state index in [4.69, 9.17) is 10.5 Å². The Morgan fingerprint density at radius 3 is 2.29 bits per heavy atom. The van der Waals surface area contributed by atoms with Gasteiger partial charge in [0, 0.05) is 18.5 Å². The summed E-state index contributed by atoms with van der Waals surface area (Å²) >= 11 is 0. The summed E-state index contributed by atoms with van der Waals surface area (Å²) in [5.74, 6) is 1.14. The van der Waals surface area contributed by atoms with Crippen molar-refractivity contribution in [3.63, 3.8) is 0 Å². The Labute approximate surface area is 133 Å². The van der Waals surface area contributed by atoms with Gasteiger partial charge in [-0.2, -0.15) is 0 Å². The third kappa shape index (κ3) is 6.36. The smallest absolute Gasteiger partial charge is 0.224 e. The van der Waals surface area contributed by atoms with Crippen molar-refractivity contribution < 1.29 is 9.53 Å². The molecule has 0 radical (unpaired) electrons. The van der Waals surface area contributed by atoms with Crippen molar-refractivity contribution in [3.05, 3.63) is 29.8 Å². The lowest BCUT2D eigenvalue weighted by molar-refractivity contribution is -0.124. The fourth-order valence-corrected chi connectivity index (χ4v) is 1.91. The van der Waals surface area contributed by atoms with Gasteiger partial charge in [-0.15, -0.1) is 12.4 Å². The molecule has 5 heteroatoms. The number of benzene rings is 1. The molecule has 120 valence electrons. The minimum atomic E-state index is -0.147. The third-order valence-electron chi connectivity index (χ3n) is 3.76. The molecule has 0 bridgehead atoms. The molecule has 4 nitrogen and oxygen atoms in total. The molecule has 0 aliphatic heterocycles. The Morgan fingerprint density at radius 2 is 1.81 bits per heavy atom. The summed E-state index contributed by atoms with van der Waals surface area (Å²) in [6.07, 6.45) is 0.906. The van der Waals surface area contributed by atoms with Gasteiger partial charge in [-0.05, 0) is 37.0 Å². The highest BCUT2D eigenvalue weighted by Gasteiger charge is 2.16. The van der Waals surface area contributed by atoms with Gasteiger partial charge in [-0.25, -0.2) is 0 Å². The van der Waals surface area contributed by atoms with Crippen LogP contribution in [0.25, 0.3) is 0 Å². The Bertz CT molecular complexity index is 421. The molecule has 3 atom stereocenters. The molecule has 3 N–H and O–H groups in total. The molecule has 1 rings (SSSR count). The first-order valence-electron chi connectivity index (χ1n) is 7.13. The molecule has 21 heavy (non-hydrogen) atoms. The number of halogens is 1. The molecule has 0 fully saturated rings. The lowest BCUT2D eigenvalue weighted by atomic mass is 9.97. The Kier molecular flexibility index (Phi) is 9.06. The lowest BCUT2D eigenvalue weighted by Crippen LogP contribution is -2.39. The highest BCUT2D eigenvalue weighted by molar-refractivity contribution is 5.85. The van der Waals surface area contributed by atoms with Crippen LogP contribution < -0.4 is 15.8 Å². The minimum Gasteiger partial charge on any atom is -0.497 e. The molecule has 3 unspecified atom stereocenters. The van der Waals surface area contributed by atoms with E-state index in [2.05, 4.69) is 24.4 Å². The van der Waals surface area contributed by atoms with Crippen molar-refractivity contribution in [1.29, 1.82) is 0 Å². The molecular formula is C16H27ClN2O2. The number of nitrogens with two attached hydrogens (primary N) is 1. The average molecular weight is 315 g/mol. The number of rotatable bonds is 7. The first-order chi connectivity index (χ1) is 9.45. The van der Waals surface area contributed by atoms with E-state index in [0.717, 1.165) is 12.2 Å². The predicted molar refractivity (Wildman–Crippen MR) is 89.1 cm³/mol. The number of hydrogen-bond acceptors (Lipinski definition) is 3. The molecule has 1 aromatic carbocycles. The fraction of sp³-hybridized carbons (Fsp3) is 0.562. The van der Waals surface area contributed by atoms with E-state index in [1.54, 1.807) is 7.11 Å². The van der Waals surface area contributed by atoms with E-state index in [1.165, 1.54) is 5.56 Å². The van der Waals surface area contributed by atoms with Crippen molar-refractivity contribution in [2.75, 3.05) is 13.7 Å². The highest BCUT2D eigenvalue weighted by Crippen LogP contribution is 2.21. The normalized spacial score (nSPS) is 14.5. The summed E-state index contributed by atoms with van der Waals surface area (Å²) in [4.78, 5) is 11.8. The van der Waals surface area contributed by atoms with Gasteiger partial charge in [0.1, 0.15) is 5.75 Å². The number of amides is 1. The third-order valence-corrected chi connectivity index (χ3v) is 3.76. The van der Waals surface area contributed by atoms with E-state index < -0.39 is 0 Å². The molecule has 1 aromatic rings. The van der Waals surface area contributed by atoms with Gasteiger partial charge in [0.15, 0.2) is 0 Å². The van der Waals surface area contributed by atoms with Crippen LogP contribution >= 0.6 is 12.4 Å². The lowest BCUT2D eigenvalue weighted by Gasteiger charge is -2.17. The van der Waals surface area contributed by atoms with Crippen molar-refractivity contribution in [1.82, 2.24) is 5.32 Å². The molecule has 1 amide bonds. The van der Waals surface area contributed by atoms with E-state index in [0.29, 0.717) is 12.5 Å². The van der Waals surface area contributed by atoms with E-state index >= 15 is 0 Å². The van der Waals surface area contributed by atoms with Gasteiger partial charge in [0.2, 0.25) is 5.91 Å². The second-order valence-corrected chi connectivity index (χ2v) is 5.40. The van der Waals surface area contributed by atoms with Crippen molar-refractivity contribution in [2.24, 2.45) is 11.7 Å². The number of methoxy groups -OCH3 is 1. The maximum atomic E-state index is 11.8. The standard InChI is InChI=1S/C16H26N2O2.ClH/c1-11(14-5-7-15(20-4)8-6-14)9-10-18-16(19)12(2)13(3)17;/h5-8,11-13H,9-10,17H2,1-4H3,(H,18,19);1H. The largest absolute Gasteiger partial charge is 0.497 e. The highest BCUT2D eigenvalue weighted by atomic mass is 35.5. The Balaban J connectivity index is 0.00000400. The van der Waals surface area contributed by atoms with Crippen LogP contribution in [0.4, 0.5) is 0 Å². The summed E-state index contributed by atoms with van der Waals surface area (Å²) in [5, 5.41) is 2.94. The summed E-state index contributed by atoms with van der Waals surface area (Å²) in [6.45, 7) is 6.53. The zero-order valence-corrected chi connectivity index (χ0v) is 14.1. The summed E-state index contributed by atoms with van der Waals surface area (Å²) in [6, 6.07) is 7.94. The molecule has 0 saturated carbocycles. The first-order valence-corrected chi connectivity index (χ1v) is 7.13. The van der Waals surface area contributed by atoms with E-state index in [9.17, 15) is 4.79 Å². The van der Waals surface area contributed by atoms with Crippen LogP contribution in [0.5, 0.6) is 5.75 Å². The zero-order valence-electron chi connectivity index (χ0n) is 13.3. The molecule has 0 aliphatic rings. The van der Waals surface area contributed by atoms with Crippen LogP contribution in [-0.2, 0) is 4.79 Å². The Morgan fingerprint density at radius 1 is 1.24 bits per heavy atom. The van der Waals surface area contributed by atoms with Gasteiger partial charge >= 0.3 is 0 Å². The Hall–Kier alpha value is -1.26. The number of carbonyl (C=O) groups excluding carboxylic acids is 1. The van der Waals surface area contributed by atoms with E-state index in [-0.39, 0.29) is 30.3 Å². The monoisotopic (exact) mass is 314 g/mol. The minimum absolute atomic E-state index is 0. The van der Waals surface area contributed by atoms with Gasteiger partial charge in [0.05, 0.1) is 7.11 Å². The zero-order chi connectivity index (χ0) is 15.1. The maximum Gasteiger partial charge on any atom is 0.224 e. The van der Waals surface area contributed by atoms with Crippen LogP contribution in [0, 0.1) is 5.92 Å². The number of ether oxygens (including phenoxy) is 1. The average Bonchev–Trinajstić information content (AvgIpc) is 2.46. The molecule has 0 spiro atoms. The number of hydrogen-bond donors (Lipinski definition) is 2. The van der Waals surface area contributed by atoms with Crippen LogP contribution in [0.2, 0.25) is 0 Å².